The van der Waals surface area contributed by atoms with E-state index in [2.05, 4.69) is 32.7 Å². The highest BCUT2D eigenvalue weighted by Crippen LogP contribution is 2.23. The maximum atomic E-state index is 11.8. The quantitative estimate of drug-likeness (QED) is 0.333. The van der Waals surface area contributed by atoms with Crippen molar-refractivity contribution < 1.29 is 9.47 Å². The van der Waals surface area contributed by atoms with Crippen molar-refractivity contribution in [2.75, 3.05) is 53.6 Å². The number of nitrogens with one attached hydrogen (secondary N) is 2. The monoisotopic (exact) mass is 441 g/mol. The van der Waals surface area contributed by atoms with Gasteiger partial charge in [-0.2, -0.15) is 0 Å². The Bertz CT molecular complexity index is 891. The van der Waals surface area contributed by atoms with Crippen LogP contribution in [0.3, 0.4) is 0 Å². The molecular weight excluding hydrogens is 406 g/mol. The van der Waals surface area contributed by atoms with Gasteiger partial charge in [-0.15, -0.1) is 0 Å². The van der Waals surface area contributed by atoms with Crippen molar-refractivity contribution in [2.45, 2.75) is 25.4 Å². The molecule has 0 amide bonds. The standard InChI is InChI=1S/C24H35N5O3/c1-25-24(26-12-4-6-14-29-13-5-3-7-23(29)30)27-19-22(28-15-17-32-18-16-28)20-8-10-21(31-2)11-9-20/h3,5,7-11,13,22H,4,6,12,14-19H2,1-2H3,(H2,25,26,27). The van der Waals surface area contributed by atoms with Gasteiger partial charge in [0.25, 0.3) is 0 Å². The molecule has 174 valence electrons. The molecule has 3 rings (SSSR count). The largest absolute Gasteiger partial charge is 0.497 e. The minimum atomic E-state index is 0.0469. The summed E-state index contributed by atoms with van der Waals surface area (Å²) in [6, 6.07) is 13.7. The Morgan fingerprint density at radius 1 is 1.12 bits per heavy atom. The van der Waals surface area contributed by atoms with Crippen LogP contribution in [0.5, 0.6) is 5.75 Å². The summed E-state index contributed by atoms with van der Waals surface area (Å²) in [5, 5.41) is 6.87. The van der Waals surface area contributed by atoms with E-state index in [4.69, 9.17) is 9.47 Å². The zero-order valence-corrected chi connectivity index (χ0v) is 19.1. The fourth-order valence-corrected chi connectivity index (χ4v) is 3.85. The SMILES string of the molecule is CN=C(NCCCCn1ccccc1=O)NCC(c1ccc(OC)cc1)N1CCOCC1. The third-order valence-corrected chi connectivity index (χ3v) is 5.69. The molecule has 1 aliphatic heterocycles. The molecule has 1 aromatic heterocycles. The zero-order chi connectivity index (χ0) is 22.6. The average Bonchev–Trinajstić information content (AvgIpc) is 2.84. The smallest absolute Gasteiger partial charge is 0.250 e. The number of hydrogen-bond acceptors (Lipinski definition) is 5. The summed E-state index contributed by atoms with van der Waals surface area (Å²) in [4.78, 5) is 18.6. The van der Waals surface area contributed by atoms with Crippen LogP contribution in [0.15, 0.2) is 58.4 Å². The topological polar surface area (TPSA) is 80.1 Å². The van der Waals surface area contributed by atoms with E-state index in [1.54, 1.807) is 30.9 Å². The second kappa shape index (κ2) is 12.9. The highest BCUT2D eigenvalue weighted by atomic mass is 16.5. The third kappa shape index (κ3) is 7.10. The summed E-state index contributed by atoms with van der Waals surface area (Å²) >= 11 is 0. The Morgan fingerprint density at radius 2 is 1.91 bits per heavy atom. The molecule has 8 heteroatoms. The van der Waals surface area contributed by atoms with Gasteiger partial charge in [-0.3, -0.25) is 14.7 Å². The van der Waals surface area contributed by atoms with Crippen molar-refractivity contribution in [1.29, 1.82) is 0 Å². The lowest BCUT2D eigenvalue weighted by molar-refractivity contribution is 0.0170. The second-order valence-electron chi connectivity index (χ2n) is 7.76. The molecule has 32 heavy (non-hydrogen) atoms. The number of guanidine groups is 1. The molecule has 1 aromatic carbocycles. The predicted octanol–water partition coefficient (Wildman–Crippen LogP) is 1.88. The molecule has 2 heterocycles. The number of hydrogen-bond donors (Lipinski definition) is 2. The lowest BCUT2D eigenvalue weighted by atomic mass is 10.0. The molecule has 2 aromatic rings. The number of benzene rings is 1. The average molecular weight is 442 g/mol. The number of pyridine rings is 1. The number of aliphatic imine (C=N–C) groups is 1. The van der Waals surface area contributed by atoms with Crippen LogP contribution in [0.2, 0.25) is 0 Å². The predicted molar refractivity (Wildman–Crippen MR) is 127 cm³/mol. The highest BCUT2D eigenvalue weighted by Gasteiger charge is 2.23. The normalized spacial score (nSPS) is 15.9. The number of ether oxygens (including phenoxy) is 2. The lowest BCUT2D eigenvalue weighted by Gasteiger charge is -2.35. The van der Waals surface area contributed by atoms with E-state index in [-0.39, 0.29) is 11.6 Å². The highest BCUT2D eigenvalue weighted by molar-refractivity contribution is 5.79. The maximum Gasteiger partial charge on any atom is 0.250 e. The van der Waals surface area contributed by atoms with E-state index in [1.807, 2.05) is 24.4 Å². The molecule has 8 nitrogen and oxygen atoms in total. The third-order valence-electron chi connectivity index (χ3n) is 5.69. The number of rotatable bonds is 10. The Labute approximate surface area is 190 Å². The van der Waals surface area contributed by atoms with Crippen molar-refractivity contribution in [3.63, 3.8) is 0 Å². The number of unbranched alkanes of at least 4 members (excludes halogenated alkanes) is 1. The molecule has 0 bridgehead atoms. The molecular formula is C24H35N5O3. The molecule has 1 fully saturated rings. The van der Waals surface area contributed by atoms with Crippen LogP contribution < -0.4 is 20.9 Å². The summed E-state index contributed by atoms with van der Waals surface area (Å²) < 4.78 is 12.6. The van der Waals surface area contributed by atoms with Crippen LogP contribution in [-0.4, -0.2) is 69.0 Å². The van der Waals surface area contributed by atoms with Crippen molar-refractivity contribution >= 4 is 5.96 Å². The second-order valence-corrected chi connectivity index (χ2v) is 7.76. The number of aryl methyl sites for hydroxylation is 1. The minimum absolute atomic E-state index is 0.0469. The Balaban J connectivity index is 1.49. The first kappa shape index (κ1) is 23.8. The summed E-state index contributed by atoms with van der Waals surface area (Å²) in [5.74, 6) is 1.64. The number of morpholine rings is 1. The van der Waals surface area contributed by atoms with Gasteiger partial charge in [-0.05, 0) is 36.6 Å². The van der Waals surface area contributed by atoms with E-state index in [9.17, 15) is 4.79 Å². The zero-order valence-electron chi connectivity index (χ0n) is 19.1. The van der Waals surface area contributed by atoms with Gasteiger partial charge in [-0.1, -0.05) is 18.2 Å². The fraction of sp³-hybridized carbons (Fsp3) is 0.500. The van der Waals surface area contributed by atoms with E-state index >= 15 is 0 Å². The van der Waals surface area contributed by atoms with Gasteiger partial charge in [0, 0.05) is 52.0 Å². The molecule has 0 spiro atoms. The Hall–Kier alpha value is -2.84. The van der Waals surface area contributed by atoms with Gasteiger partial charge < -0.3 is 24.7 Å². The maximum absolute atomic E-state index is 11.8. The molecule has 1 atom stereocenters. The van der Waals surface area contributed by atoms with Gasteiger partial charge in [0.15, 0.2) is 5.96 Å². The van der Waals surface area contributed by atoms with E-state index in [1.165, 1.54) is 5.56 Å². The summed E-state index contributed by atoms with van der Waals surface area (Å²) in [5.41, 5.74) is 1.29. The van der Waals surface area contributed by atoms with Crippen molar-refractivity contribution in [2.24, 2.45) is 4.99 Å². The summed E-state index contributed by atoms with van der Waals surface area (Å²) in [7, 11) is 3.47. The Kier molecular flexibility index (Phi) is 9.59. The van der Waals surface area contributed by atoms with E-state index in [0.717, 1.165) is 70.5 Å². The first-order chi connectivity index (χ1) is 15.7. The minimum Gasteiger partial charge on any atom is -0.497 e. The molecule has 1 aliphatic rings. The molecule has 1 unspecified atom stereocenters. The number of methoxy groups -OCH3 is 1. The first-order valence-electron chi connectivity index (χ1n) is 11.3. The first-order valence-corrected chi connectivity index (χ1v) is 11.3. The van der Waals surface area contributed by atoms with Crippen molar-refractivity contribution in [3.8, 4) is 5.75 Å². The number of nitrogens with zero attached hydrogens (tertiary/aromatic N) is 3. The molecule has 0 aliphatic carbocycles. The van der Waals surface area contributed by atoms with Crippen LogP contribution >= 0.6 is 0 Å². The Morgan fingerprint density at radius 3 is 2.59 bits per heavy atom. The van der Waals surface area contributed by atoms with E-state index < -0.39 is 0 Å². The van der Waals surface area contributed by atoms with Crippen LogP contribution in [-0.2, 0) is 11.3 Å². The van der Waals surface area contributed by atoms with Gasteiger partial charge in [0.05, 0.1) is 26.4 Å². The van der Waals surface area contributed by atoms with Crippen molar-refractivity contribution in [3.05, 3.63) is 64.6 Å². The lowest BCUT2D eigenvalue weighted by Crippen LogP contribution is -2.46. The fourth-order valence-electron chi connectivity index (χ4n) is 3.85. The molecule has 2 N–H and O–H groups in total. The summed E-state index contributed by atoms with van der Waals surface area (Å²) in [6.45, 7) is 5.59. The van der Waals surface area contributed by atoms with Crippen LogP contribution in [0.1, 0.15) is 24.4 Å². The van der Waals surface area contributed by atoms with Crippen molar-refractivity contribution in [1.82, 2.24) is 20.1 Å². The van der Waals surface area contributed by atoms with Crippen LogP contribution in [0.25, 0.3) is 0 Å². The van der Waals surface area contributed by atoms with Gasteiger partial charge in [0.2, 0.25) is 5.56 Å². The van der Waals surface area contributed by atoms with Gasteiger partial charge in [0.1, 0.15) is 5.75 Å². The number of aromatic nitrogens is 1. The molecule has 0 saturated carbocycles. The summed E-state index contributed by atoms with van der Waals surface area (Å²) in [6.07, 6.45) is 3.71. The molecule has 0 radical (unpaired) electrons. The molecule has 1 saturated heterocycles. The van der Waals surface area contributed by atoms with E-state index in [0.29, 0.717) is 0 Å². The van der Waals surface area contributed by atoms with Gasteiger partial charge in [-0.25, -0.2) is 0 Å². The van der Waals surface area contributed by atoms with Crippen LogP contribution in [0.4, 0.5) is 0 Å². The van der Waals surface area contributed by atoms with Gasteiger partial charge >= 0.3 is 0 Å². The van der Waals surface area contributed by atoms with Crippen LogP contribution in [0, 0.1) is 0 Å².